The van der Waals surface area contributed by atoms with E-state index in [2.05, 4.69) is 33.0 Å². The summed E-state index contributed by atoms with van der Waals surface area (Å²) in [7, 11) is 0. The Labute approximate surface area is 353 Å². The number of carbonyl (C=O) groups excluding carboxylic acids is 4. The number of fused-ring (bicyclic) bond motifs is 11. The molecule has 4 fully saturated rings. The van der Waals surface area contributed by atoms with Crippen molar-refractivity contribution in [1.82, 2.24) is 29.6 Å². The van der Waals surface area contributed by atoms with Gasteiger partial charge in [0.15, 0.2) is 0 Å². The van der Waals surface area contributed by atoms with Crippen molar-refractivity contribution in [3.8, 4) is 11.4 Å². The van der Waals surface area contributed by atoms with Crippen molar-refractivity contribution in [2.45, 2.75) is 106 Å². The molecule has 1 N–H and O–H groups in total. The summed E-state index contributed by atoms with van der Waals surface area (Å²) in [6.07, 6.45) is 10.1. The number of piperidine rings is 3. The summed E-state index contributed by atoms with van der Waals surface area (Å²) in [6.45, 7) is 4.79. The van der Waals surface area contributed by atoms with Crippen molar-refractivity contribution in [2.24, 2.45) is 0 Å². The largest absolute Gasteiger partial charge is 0.492 e. The van der Waals surface area contributed by atoms with Crippen LogP contribution in [0.1, 0.15) is 121 Å². The van der Waals surface area contributed by atoms with Gasteiger partial charge in [0.05, 0.1) is 40.2 Å². The van der Waals surface area contributed by atoms with E-state index >= 15 is 0 Å². The summed E-state index contributed by atoms with van der Waals surface area (Å²) in [5, 5.41) is 3.30. The fourth-order valence-corrected chi connectivity index (χ4v) is 12.2. The number of amides is 4. The van der Waals surface area contributed by atoms with Crippen LogP contribution in [0.2, 0.25) is 5.02 Å². The van der Waals surface area contributed by atoms with E-state index in [4.69, 9.17) is 21.3 Å². The Bertz CT molecular complexity index is 2560. The molecule has 1 saturated carbocycles. The van der Waals surface area contributed by atoms with Gasteiger partial charge < -0.3 is 19.4 Å². The van der Waals surface area contributed by atoms with E-state index in [1.165, 1.54) is 17.5 Å². The summed E-state index contributed by atoms with van der Waals surface area (Å²) >= 11 is 6.56. The third-order valence-corrected chi connectivity index (χ3v) is 15.6. The van der Waals surface area contributed by atoms with E-state index < -0.39 is 11.9 Å². The number of nitrogens with one attached hydrogen (secondary N) is 1. The van der Waals surface area contributed by atoms with Crippen molar-refractivity contribution in [2.75, 3.05) is 39.3 Å². The zero-order valence-corrected chi connectivity index (χ0v) is 34.5. The van der Waals surface area contributed by atoms with E-state index in [-0.39, 0.29) is 40.5 Å². The van der Waals surface area contributed by atoms with Crippen molar-refractivity contribution in [1.29, 1.82) is 0 Å². The van der Waals surface area contributed by atoms with E-state index in [0.29, 0.717) is 61.0 Å². The minimum atomic E-state index is -0.664. The molecule has 1 aromatic heterocycles. The predicted octanol–water partition coefficient (Wildman–Crippen LogP) is 5.89. The second-order valence-electron chi connectivity index (χ2n) is 18.3. The van der Waals surface area contributed by atoms with Crippen LogP contribution >= 0.6 is 11.6 Å². The molecule has 0 unspecified atom stereocenters. The highest BCUT2D eigenvalue weighted by Gasteiger charge is 2.49. The summed E-state index contributed by atoms with van der Waals surface area (Å²) in [6, 6.07) is 15.9. The van der Waals surface area contributed by atoms with Gasteiger partial charge in [0.1, 0.15) is 17.6 Å². The number of hydrogen-bond donors (Lipinski definition) is 1. The van der Waals surface area contributed by atoms with Crippen LogP contribution in [0, 0.1) is 0 Å². The molecule has 310 valence electrons. The summed E-state index contributed by atoms with van der Waals surface area (Å²) < 4.78 is 8.56. The molecule has 1 aliphatic carbocycles. The standard InChI is InChI=1S/C47H49ClN6O6/c48-34-5-4-6-36-40(34)43(58)50-45-47(16-2-1-3-17-47)33-25-29(7-10-35(33)54(36)45)28-13-20-51(21-14-28)22-15-39(56)52-23-18-46(19-24-52)27-60-41-31-26-53(37-11-12-38(55)49-42(37)57)44(59)30(31)8-9-32(41)46/h4-10,25,28,37H,1-3,11-24,26-27H2,(H,49,55,57)/t37-/m0/s1. The van der Waals surface area contributed by atoms with Crippen LogP contribution in [0.3, 0.4) is 0 Å². The molecule has 2 spiro atoms. The number of aromatic nitrogens is 2. The molecule has 0 bridgehead atoms. The SMILES string of the molecule is O=C1CC[C@H](N2Cc3c(ccc4c3OCC43CCN(C(=O)CCN4CCC(c5ccc6c(c5)C5(CCCCC5)c5nc(=O)c7c(Cl)cccc7n5-6)CC4)CC3)C2=O)C(=O)N1. The molecule has 7 heterocycles. The van der Waals surface area contributed by atoms with Gasteiger partial charge in [0.25, 0.3) is 11.5 Å². The summed E-state index contributed by atoms with van der Waals surface area (Å²) in [5.74, 6) is 1.34. The second-order valence-corrected chi connectivity index (χ2v) is 18.7. The molecule has 60 heavy (non-hydrogen) atoms. The van der Waals surface area contributed by atoms with Crippen LogP contribution in [0.4, 0.5) is 0 Å². The monoisotopic (exact) mass is 828 g/mol. The van der Waals surface area contributed by atoms with Crippen LogP contribution in [0.5, 0.6) is 5.75 Å². The number of rotatable bonds is 5. The van der Waals surface area contributed by atoms with E-state index in [1.54, 1.807) is 11.0 Å². The van der Waals surface area contributed by atoms with Crippen molar-refractivity contribution < 1.29 is 23.9 Å². The number of nitrogens with zero attached hydrogens (tertiary/aromatic N) is 5. The van der Waals surface area contributed by atoms with Gasteiger partial charge in [0.2, 0.25) is 17.7 Å². The van der Waals surface area contributed by atoms with Gasteiger partial charge in [-0.15, -0.1) is 0 Å². The molecule has 11 rings (SSSR count). The molecule has 4 aromatic rings. The lowest BCUT2D eigenvalue weighted by molar-refractivity contribution is -0.137. The first-order valence-electron chi connectivity index (χ1n) is 21.9. The Kier molecular flexibility index (Phi) is 9.01. The molecule has 7 aliphatic rings. The maximum atomic E-state index is 13.6. The quantitative estimate of drug-likeness (QED) is 0.247. The Morgan fingerprint density at radius 2 is 1.70 bits per heavy atom. The lowest BCUT2D eigenvalue weighted by atomic mass is 9.69. The number of likely N-dealkylation sites (tertiary alicyclic amines) is 2. The molecule has 6 aliphatic heterocycles. The van der Waals surface area contributed by atoms with Gasteiger partial charge in [-0.2, -0.15) is 4.98 Å². The number of hydrogen-bond acceptors (Lipinski definition) is 8. The Balaban J connectivity index is 0.717. The molecular formula is C47H49ClN6O6. The van der Waals surface area contributed by atoms with E-state index in [9.17, 15) is 24.0 Å². The topological polar surface area (TPSA) is 134 Å². The van der Waals surface area contributed by atoms with E-state index in [1.807, 2.05) is 29.2 Å². The molecule has 0 radical (unpaired) electrons. The fourth-order valence-electron chi connectivity index (χ4n) is 11.9. The van der Waals surface area contributed by atoms with Crippen LogP contribution in [-0.4, -0.2) is 93.3 Å². The maximum absolute atomic E-state index is 13.6. The van der Waals surface area contributed by atoms with Gasteiger partial charge in [-0.3, -0.25) is 33.9 Å². The van der Waals surface area contributed by atoms with Gasteiger partial charge >= 0.3 is 0 Å². The Hall–Kier alpha value is -5.07. The molecule has 3 aromatic carbocycles. The lowest BCUT2D eigenvalue weighted by Crippen LogP contribution is -2.52. The van der Waals surface area contributed by atoms with Gasteiger partial charge in [-0.05, 0) is 99.3 Å². The predicted molar refractivity (Wildman–Crippen MR) is 225 cm³/mol. The molecule has 1 atom stereocenters. The zero-order valence-electron chi connectivity index (χ0n) is 33.8. The second kappa shape index (κ2) is 14.3. The zero-order chi connectivity index (χ0) is 40.9. The number of halogens is 1. The average molecular weight is 829 g/mol. The van der Waals surface area contributed by atoms with Gasteiger partial charge in [-0.1, -0.05) is 55.1 Å². The first-order valence-corrected chi connectivity index (χ1v) is 22.3. The van der Waals surface area contributed by atoms with Crippen molar-refractivity contribution in [3.05, 3.63) is 97.5 Å². The third-order valence-electron chi connectivity index (χ3n) is 15.3. The highest BCUT2D eigenvalue weighted by atomic mass is 35.5. The highest BCUT2D eigenvalue weighted by Crippen LogP contribution is 2.53. The van der Waals surface area contributed by atoms with Crippen LogP contribution in [0.15, 0.2) is 53.3 Å². The van der Waals surface area contributed by atoms with Gasteiger partial charge in [0, 0.05) is 54.6 Å². The normalized spacial score (nSPS) is 23.1. The molecule has 12 nitrogen and oxygen atoms in total. The van der Waals surface area contributed by atoms with Crippen molar-refractivity contribution in [3.63, 3.8) is 0 Å². The molecule has 3 saturated heterocycles. The third kappa shape index (κ3) is 5.80. The number of benzene rings is 3. The van der Waals surface area contributed by atoms with Gasteiger partial charge in [-0.25, -0.2) is 0 Å². The summed E-state index contributed by atoms with van der Waals surface area (Å²) in [4.78, 5) is 75.5. The van der Waals surface area contributed by atoms with Crippen LogP contribution in [-0.2, 0) is 31.8 Å². The number of imide groups is 1. The Morgan fingerprint density at radius 1 is 0.900 bits per heavy atom. The number of ether oxygens (including phenoxy) is 1. The number of carbonyl (C=O) groups is 4. The molecular weight excluding hydrogens is 780 g/mol. The van der Waals surface area contributed by atoms with Crippen LogP contribution < -0.4 is 15.6 Å². The minimum Gasteiger partial charge on any atom is -0.492 e. The maximum Gasteiger partial charge on any atom is 0.282 e. The smallest absolute Gasteiger partial charge is 0.282 e. The molecule has 4 amide bonds. The first kappa shape index (κ1) is 37.9. The van der Waals surface area contributed by atoms with Crippen LogP contribution in [0.25, 0.3) is 16.6 Å². The summed E-state index contributed by atoms with van der Waals surface area (Å²) in [5.41, 5.74) is 6.40. The van der Waals surface area contributed by atoms with Crippen molar-refractivity contribution >= 4 is 46.1 Å². The molecule has 13 heteroatoms. The lowest BCUT2D eigenvalue weighted by Gasteiger charge is -2.39. The average Bonchev–Trinajstić information content (AvgIpc) is 3.88. The Morgan fingerprint density at radius 3 is 2.48 bits per heavy atom. The highest BCUT2D eigenvalue weighted by molar-refractivity contribution is 6.35. The first-order chi connectivity index (χ1) is 29.1. The minimum absolute atomic E-state index is 0.197. The van der Waals surface area contributed by atoms with E-state index in [0.717, 1.165) is 105 Å². The fraction of sp³-hybridized carbons (Fsp3) is 0.489.